The Balaban J connectivity index is 1.23. The molecule has 0 unspecified atom stereocenters. The molecule has 1 N–H and O–H groups in total. The number of rotatable bonds is 5. The number of ether oxygens (including phenoxy) is 2. The second-order valence-corrected chi connectivity index (χ2v) is 9.94. The summed E-state index contributed by atoms with van der Waals surface area (Å²) >= 11 is 0. The van der Waals surface area contributed by atoms with Crippen molar-refractivity contribution in [3.63, 3.8) is 0 Å². The highest BCUT2D eigenvalue weighted by molar-refractivity contribution is 5.99. The van der Waals surface area contributed by atoms with Crippen LogP contribution in [0.3, 0.4) is 0 Å². The van der Waals surface area contributed by atoms with E-state index in [0.717, 1.165) is 11.4 Å². The van der Waals surface area contributed by atoms with Crippen LogP contribution in [0.1, 0.15) is 42.2 Å². The second-order valence-electron chi connectivity index (χ2n) is 9.94. The largest absolute Gasteiger partial charge is 0.490 e. The van der Waals surface area contributed by atoms with Crippen molar-refractivity contribution in [3.05, 3.63) is 78.0 Å². The van der Waals surface area contributed by atoms with E-state index in [1.807, 2.05) is 67.3 Å². The van der Waals surface area contributed by atoms with E-state index in [1.165, 1.54) is 0 Å². The zero-order valence-corrected chi connectivity index (χ0v) is 21.6. The van der Waals surface area contributed by atoms with Crippen LogP contribution in [0, 0.1) is 0 Å². The van der Waals surface area contributed by atoms with Crippen LogP contribution < -0.4 is 24.6 Å². The van der Waals surface area contributed by atoms with E-state index in [4.69, 9.17) is 9.47 Å². The highest BCUT2D eigenvalue weighted by Crippen LogP contribution is 2.49. The van der Waals surface area contributed by atoms with E-state index >= 15 is 0 Å². The first-order valence-corrected chi connectivity index (χ1v) is 13.1. The van der Waals surface area contributed by atoms with Gasteiger partial charge in [0, 0.05) is 49.9 Å². The fraction of sp³-hybridized carbons (Fsp3) is 0.345. The first-order valence-electron chi connectivity index (χ1n) is 13.1. The van der Waals surface area contributed by atoms with Crippen LogP contribution in [-0.2, 0) is 0 Å². The number of piperazine rings is 1. The van der Waals surface area contributed by atoms with Crippen molar-refractivity contribution in [1.29, 1.82) is 0 Å². The number of amides is 3. The summed E-state index contributed by atoms with van der Waals surface area (Å²) in [6.07, 6.45) is 2.35. The van der Waals surface area contributed by atoms with Gasteiger partial charge in [0.1, 0.15) is 5.82 Å². The summed E-state index contributed by atoms with van der Waals surface area (Å²) in [5, 5.41) is 3.12. The number of carbonyl (C=O) groups excluding carboxylic acids is 2. The van der Waals surface area contributed by atoms with Gasteiger partial charge in [-0.15, -0.1) is 0 Å². The lowest BCUT2D eigenvalue weighted by Crippen LogP contribution is -2.65. The average molecular weight is 514 g/mol. The first kappa shape index (κ1) is 24.1. The number of hydrogen-bond acceptors (Lipinski definition) is 6. The van der Waals surface area contributed by atoms with Gasteiger partial charge in [0.05, 0.1) is 18.3 Å². The topological polar surface area (TPSA) is 87.2 Å². The average Bonchev–Trinajstić information content (AvgIpc) is 2.93. The van der Waals surface area contributed by atoms with Gasteiger partial charge in [-0.1, -0.05) is 24.3 Å². The molecule has 1 aromatic heterocycles. The number of anilines is 2. The first-order chi connectivity index (χ1) is 18.5. The summed E-state index contributed by atoms with van der Waals surface area (Å²) in [6.45, 7) is 6.98. The van der Waals surface area contributed by atoms with Gasteiger partial charge in [-0.25, -0.2) is 9.78 Å². The number of nitrogens with one attached hydrogen (secondary N) is 1. The highest BCUT2D eigenvalue weighted by atomic mass is 16.5. The van der Waals surface area contributed by atoms with Crippen molar-refractivity contribution >= 4 is 23.4 Å². The number of urea groups is 1. The smallest absolute Gasteiger partial charge is 0.325 e. The number of hydrogen-bond donors (Lipinski definition) is 1. The molecule has 2 atom stereocenters. The molecule has 3 aromatic rings. The third-order valence-electron chi connectivity index (χ3n) is 7.45. The molecular formula is C29H31N5O4. The van der Waals surface area contributed by atoms with Crippen LogP contribution in [0.2, 0.25) is 0 Å². The fourth-order valence-electron chi connectivity index (χ4n) is 5.66. The number of aromatic nitrogens is 1. The van der Waals surface area contributed by atoms with E-state index in [-0.39, 0.29) is 18.0 Å². The lowest BCUT2D eigenvalue weighted by Gasteiger charge is -2.50. The molecule has 0 spiro atoms. The van der Waals surface area contributed by atoms with E-state index < -0.39 is 5.72 Å². The minimum atomic E-state index is -0.941. The molecule has 2 fully saturated rings. The Hall–Kier alpha value is -4.27. The van der Waals surface area contributed by atoms with Crippen LogP contribution in [0.4, 0.5) is 16.3 Å². The molecule has 2 bridgehead atoms. The molecule has 196 valence electrons. The SMILES string of the molecule is CCOc1cccc2c1O[C@@]1(C)C[C@H]2NC(=O)N1c1cccc(C(=O)N2CCN(c3ccccn3)CC2)c1. The van der Waals surface area contributed by atoms with Gasteiger partial charge in [0.15, 0.2) is 17.2 Å². The van der Waals surface area contributed by atoms with Gasteiger partial charge >= 0.3 is 6.03 Å². The van der Waals surface area contributed by atoms with Gasteiger partial charge < -0.3 is 24.6 Å². The third-order valence-corrected chi connectivity index (χ3v) is 7.45. The van der Waals surface area contributed by atoms with Crippen LogP contribution in [-0.4, -0.2) is 60.3 Å². The summed E-state index contributed by atoms with van der Waals surface area (Å²) < 4.78 is 12.3. The van der Waals surface area contributed by atoms with Gasteiger partial charge in [0.2, 0.25) is 0 Å². The maximum absolute atomic E-state index is 13.5. The molecule has 38 heavy (non-hydrogen) atoms. The van der Waals surface area contributed by atoms with Crippen LogP contribution >= 0.6 is 0 Å². The van der Waals surface area contributed by atoms with Crippen molar-refractivity contribution in [3.8, 4) is 11.5 Å². The summed E-state index contributed by atoms with van der Waals surface area (Å²) in [5.41, 5.74) is 1.12. The zero-order chi connectivity index (χ0) is 26.3. The van der Waals surface area contributed by atoms with E-state index in [2.05, 4.69) is 15.2 Å². The van der Waals surface area contributed by atoms with Crippen LogP contribution in [0.15, 0.2) is 66.9 Å². The minimum Gasteiger partial charge on any atom is -0.490 e. The Kier molecular flexibility index (Phi) is 6.06. The molecule has 9 nitrogen and oxygen atoms in total. The van der Waals surface area contributed by atoms with Crippen molar-refractivity contribution in [2.45, 2.75) is 32.0 Å². The Morgan fingerprint density at radius 2 is 1.92 bits per heavy atom. The number of nitrogens with zero attached hydrogens (tertiary/aromatic N) is 4. The molecule has 4 heterocycles. The van der Waals surface area contributed by atoms with E-state index in [1.54, 1.807) is 23.2 Å². The lowest BCUT2D eigenvalue weighted by molar-refractivity contribution is 0.0343. The van der Waals surface area contributed by atoms with Crippen molar-refractivity contribution in [2.24, 2.45) is 0 Å². The summed E-state index contributed by atoms with van der Waals surface area (Å²) in [6, 6.07) is 18.4. The highest BCUT2D eigenvalue weighted by Gasteiger charge is 2.50. The monoisotopic (exact) mass is 513 g/mol. The Morgan fingerprint density at radius 1 is 1.11 bits per heavy atom. The molecule has 6 rings (SSSR count). The summed E-state index contributed by atoms with van der Waals surface area (Å²) in [4.78, 5) is 36.9. The van der Waals surface area contributed by atoms with Crippen LogP contribution in [0.5, 0.6) is 11.5 Å². The maximum Gasteiger partial charge on any atom is 0.325 e. The number of benzene rings is 2. The Labute approximate surface area is 222 Å². The second kappa shape index (κ2) is 9.55. The number of pyridine rings is 1. The molecule has 2 aromatic carbocycles. The quantitative estimate of drug-likeness (QED) is 0.550. The molecule has 9 heteroatoms. The van der Waals surface area contributed by atoms with Gasteiger partial charge in [-0.3, -0.25) is 9.69 Å². The lowest BCUT2D eigenvalue weighted by atomic mass is 9.89. The molecule has 3 amide bonds. The Morgan fingerprint density at radius 3 is 2.68 bits per heavy atom. The summed E-state index contributed by atoms with van der Waals surface area (Å²) in [7, 11) is 0. The van der Waals surface area contributed by atoms with Gasteiger partial charge in [-0.2, -0.15) is 0 Å². The predicted molar refractivity (Wildman–Crippen MR) is 144 cm³/mol. The van der Waals surface area contributed by atoms with Crippen molar-refractivity contribution in [1.82, 2.24) is 15.2 Å². The van der Waals surface area contributed by atoms with Crippen molar-refractivity contribution < 1.29 is 19.1 Å². The standard InChI is InChI=1S/C29H31N5O4/c1-3-37-24-11-7-10-22-23-19-29(2,38-26(22)24)34(28(36)31-23)21-9-6-8-20(18-21)27(35)33-16-14-32(15-17-33)25-12-4-5-13-30-25/h4-13,18,23H,3,14-17,19H2,1-2H3,(H,31,36)/t23-,29+/m1/s1. The maximum atomic E-state index is 13.5. The van der Waals surface area contributed by atoms with Crippen molar-refractivity contribution in [2.75, 3.05) is 42.6 Å². The third kappa shape index (κ3) is 4.17. The number of carbonyl (C=O) groups is 2. The Bertz CT molecular complexity index is 1360. The van der Waals surface area contributed by atoms with E-state index in [0.29, 0.717) is 62.0 Å². The van der Waals surface area contributed by atoms with Crippen LogP contribution in [0.25, 0.3) is 0 Å². The predicted octanol–water partition coefficient (Wildman–Crippen LogP) is 4.21. The van der Waals surface area contributed by atoms with E-state index in [9.17, 15) is 9.59 Å². The van der Waals surface area contributed by atoms with Gasteiger partial charge in [-0.05, 0) is 50.2 Å². The molecule has 3 aliphatic rings. The molecule has 0 radical (unpaired) electrons. The minimum absolute atomic E-state index is 0.0542. The fourth-order valence-corrected chi connectivity index (χ4v) is 5.66. The summed E-state index contributed by atoms with van der Waals surface area (Å²) in [5.74, 6) is 2.18. The molecular weight excluding hydrogens is 482 g/mol. The normalized spacial score (nSPS) is 22.3. The molecule has 0 saturated carbocycles. The molecule has 3 aliphatic heterocycles. The van der Waals surface area contributed by atoms with Gasteiger partial charge in [0.25, 0.3) is 5.91 Å². The molecule has 0 aliphatic carbocycles. The zero-order valence-electron chi connectivity index (χ0n) is 21.6. The number of fused-ring (bicyclic) bond motifs is 4. The number of para-hydroxylation sites is 1. The molecule has 2 saturated heterocycles.